The average molecular weight is 306 g/mol. The van der Waals surface area contributed by atoms with Crippen LogP contribution in [0.15, 0.2) is 29.6 Å². The van der Waals surface area contributed by atoms with E-state index < -0.39 is 5.91 Å². The first kappa shape index (κ1) is 14.9. The molecule has 8 heteroatoms. The Bertz CT molecular complexity index is 639. The highest BCUT2D eigenvalue weighted by molar-refractivity contribution is 7.09. The smallest absolute Gasteiger partial charge is 0.275 e. The van der Waals surface area contributed by atoms with Crippen LogP contribution >= 0.6 is 11.3 Å². The minimum atomic E-state index is -0.549. The molecule has 7 nitrogen and oxygen atoms in total. The van der Waals surface area contributed by atoms with Crippen LogP contribution in [0.5, 0.6) is 5.75 Å². The maximum Gasteiger partial charge on any atom is 0.275 e. The van der Waals surface area contributed by atoms with Crippen molar-refractivity contribution in [2.75, 3.05) is 11.9 Å². The SMILES string of the molecule is NCc1nc(C(=O)Nc2ccc(OCC(N)=O)cc2)cs1. The van der Waals surface area contributed by atoms with Crippen molar-refractivity contribution in [1.29, 1.82) is 0 Å². The first-order valence-electron chi connectivity index (χ1n) is 6.05. The van der Waals surface area contributed by atoms with Gasteiger partial charge in [-0.05, 0) is 24.3 Å². The Labute approximate surface area is 124 Å². The van der Waals surface area contributed by atoms with Crippen LogP contribution in [0.1, 0.15) is 15.5 Å². The quantitative estimate of drug-likeness (QED) is 0.726. The largest absolute Gasteiger partial charge is 0.484 e. The molecule has 110 valence electrons. The van der Waals surface area contributed by atoms with Crippen LogP contribution in [0.4, 0.5) is 5.69 Å². The number of primary amides is 1. The van der Waals surface area contributed by atoms with Crippen LogP contribution in [0.2, 0.25) is 0 Å². The minimum Gasteiger partial charge on any atom is -0.484 e. The highest BCUT2D eigenvalue weighted by Gasteiger charge is 2.10. The second-order valence-corrected chi connectivity index (χ2v) is 5.01. The first-order chi connectivity index (χ1) is 10.1. The number of rotatable bonds is 6. The first-order valence-corrected chi connectivity index (χ1v) is 6.93. The van der Waals surface area contributed by atoms with Crippen molar-refractivity contribution in [3.8, 4) is 5.75 Å². The topological polar surface area (TPSA) is 120 Å². The Morgan fingerprint density at radius 1 is 1.29 bits per heavy atom. The van der Waals surface area contributed by atoms with Crippen molar-refractivity contribution in [2.24, 2.45) is 11.5 Å². The summed E-state index contributed by atoms with van der Waals surface area (Å²) in [5.41, 5.74) is 11.3. The fourth-order valence-corrected chi connectivity index (χ4v) is 2.15. The molecule has 0 aliphatic heterocycles. The zero-order chi connectivity index (χ0) is 15.2. The zero-order valence-electron chi connectivity index (χ0n) is 11.0. The van der Waals surface area contributed by atoms with Crippen LogP contribution in [0.25, 0.3) is 0 Å². The van der Waals surface area contributed by atoms with Gasteiger partial charge in [0.05, 0.1) is 0 Å². The molecule has 0 saturated carbocycles. The molecule has 0 spiro atoms. The van der Waals surface area contributed by atoms with Crippen molar-refractivity contribution in [3.63, 3.8) is 0 Å². The normalized spacial score (nSPS) is 10.1. The lowest BCUT2D eigenvalue weighted by Crippen LogP contribution is -2.20. The van der Waals surface area contributed by atoms with E-state index in [1.165, 1.54) is 11.3 Å². The standard InChI is InChI=1S/C13H14N4O3S/c14-5-12-17-10(7-21-12)13(19)16-8-1-3-9(4-2-8)20-6-11(15)18/h1-4,7H,5-6,14H2,(H2,15,18)(H,16,19). The molecule has 0 atom stereocenters. The van der Waals surface area contributed by atoms with Gasteiger partial charge in [0.25, 0.3) is 11.8 Å². The maximum atomic E-state index is 11.9. The van der Waals surface area contributed by atoms with E-state index in [-0.39, 0.29) is 12.5 Å². The van der Waals surface area contributed by atoms with Gasteiger partial charge in [0.15, 0.2) is 6.61 Å². The fourth-order valence-electron chi connectivity index (χ4n) is 1.49. The maximum absolute atomic E-state index is 11.9. The van der Waals surface area contributed by atoms with Crippen molar-refractivity contribution < 1.29 is 14.3 Å². The van der Waals surface area contributed by atoms with Crippen LogP contribution < -0.4 is 21.5 Å². The molecule has 1 aromatic heterocycles. The van der Waals surface area contributed by atoms with Crippen molar-refractivity contribution >= 4 is 28.8 Å². The van der Waals surface area contributed by atoms with Crippen LogP contribution in [0.3, 0.4) is 0 Å². The second-order valence-electron chi connectivity index (χ2n) is 4.06. The van der Waals surface area contributed by atoms with Gasteiger partial charge in [0.1, 0.15) is 16.5 Å². The molecule has 0 aliphatic rings. The van der Waals surface area contributed by atoms with Crippen LogP contribution in [-0.4, -0.2) is 23.4 Å². The van der Waals surface area contributed by atoms with Crippen molar-refractivity contribution in [1.82, 2.24) is 4.98 Å². The van der Waals surface area contributed by atoms with Gasteiger partial charge in [0.2, 0.25) is 0 Å². The summed E-state index contributed by atoms with van der Waals surface area (Å²) in [6.45, 7) is 0.121. The van der Waals surface area contributed by atoms with E-state index >= 15 is 0 Å². The van der Waals surface area contributed by atoms with E-state index in [1.807, 2.05) is 0 Å². The van der Waals surface area contributed by atoms with Crippen LogP contribution in [-0.2, 0) is 11.3 Å². The number of amides is 2. The number of aromatic nitrogens is 1. The van der Waals surface area contributed by atoms with E-state index in [0.717, 1.165) is 0 Å². The number of ether oxygens (including phenoxy) is 1. The summed E-state index contributed by atoms with van der Waals surface area (Å²) in [6.07, 6.45) is 0. The Morgan fingerprint density at radius 3 is 2.57 bits per heavy atom. The van der Waals surface area contributed by atoms with Gasteiger partial charge in [-0.15, -0.1) is 11.3 Å². The van der Waals surface area contributed by atoms with Gasteiger partial charge in [-0.3, -0.25) is 9.59 Å². The Morgan fingerprint density at radius 2 is 2.00 bits per heavy atom. The molecule has 0 radical (unpaired) electrons. The molecule has 2 amide bonds. The molecule has 2 rings (SSSR count). The van der Waals surface area contributed by atoms with Gasteiger partial charge in [-0.25, -0.2) is 4.98 Å². The Kier molecular flexibility index (Phi) is 4.85. The minimum absolute atomic E-state index is 0.188. The van der Waals surface area contributed by atoms with Gasteiger partial charge in [0, 0.05) is 17.6 Å². The Balaban J connectivity index is 1.96. The van der Waals surface area contributed by atoms with E-state index in [9.17, 15) is 9.59 Å². The summed E-state index contributed by atoms with van der Waals surface area (Å²) in [4.78, 5) is 26.6. The highest BCUT2D eigenvalue weighted by atomic mass is 32.1. The van der Waals surface area contributed by atoms with Gasteiger partial charge < -0.3 is 21.5 Å². The van der Waals surface area contributed by atoms with Crippen LogP contribution in [0, 0.1) is 0 Å². The second kappa shape index (κ2) is 6.82. The van der Waals surface area contributed by atoms with Crippen molar-refractivity contribution in [3.05, 3.63) is 40.3 Å². The molecular formula is C13H14N4O3S. The predicted molar refractivity (Wildman–Crippen MR) is 79.1 cm³/mol. The lowest BCUT2D eigenvalue weighted by atomic mass is 10.3. The average Bonchev–Trinajstić information content (AvgIpc) is 2.95. The molecule has 21 heavy (non-hydrogen) atoms. The van der Waals surface area contributed by atoms with E-state index in [1.54, 1.807) is 29.6 Å². The number of benzene rings is 1. The number of carbonyl (C=O) groups is 2. The molecule has 0 fully saturated rings. The summed E-state index contributed by atoms with van der Waals surface area (Å²) in [7, 11) is 0. The van der Waals surface area contributed by atoms with E-state index in [0.29, 0.717) is 28.7 Å². The molecule has 0 saturated heterocycles. The van der Waals surface area contributed by atoms with Gasteiger partial charge >= 0.3 is 0 Å². The lowest BCUT2D eigenvalue weighted by molar-refractivity contribution is -0.119. The highest BCUT2D eigenvalue weighted by Crippen LogP contribution is 2.17. The summed E-state index contributed by atoms with van der Waals surface area (Å²) in [6, 6.07) is 6.57. The van der Waals surface area contributed by atoms with Gasteiger partial charge in [-0.1, -0.05) is 0 Å². The lowest BCUT2D eigenvalue weighted by Gasteiger charge is -2.06. The molecule has 0 bridgehead atoms. The van der Waals surface area contributed by atoms with E-state index in [2.05, 4.69) is 10.3 Å². The number of nitrogens with one attached hydrogen (secondary N) is 1. The van der Waals surface area contributed by atoms with E-state index in [4.69, 9.17) is 16.2 Å². The molecular weight excluding hydrogens is 292 g/mol. The monoisotopic (exact) mass is 306 g/mol. The van der Waals surface area contributed by atoms with Crippen molar-refractivity contribution in [2.45, 2.75) is 6.54 Å². The zero-order valence-corrected chi connectivity index (χ0v) is 11.9. The fraction of sp³-hybridized carbons (Fsp3) is 0.154. The molecule has 1 heterocycles. The number of hydrogen-bond donors (Lipinski definition) is 3. The number of hydrogen-bond acceptors (Lipinski definition) is 6. The number of thiazole rings is 1. The third kappa shape index (κ3) is 4.26. The molecule has 0 unspecified atom stereocenters. The summed E-state index contributed by atoms with van der Waals surface area (Å²) < 4.78 is 5.12. The number of nitrogens with zero attached hydrogens (tertiary/aromatic N) is 1. The summed E-state index contributed by atoms with van der Waals surface area (Å²) in [5, 5.41) is 5.06. The van der Waals surface area contributed by atoms with Gasteiger partial charge in [-0.2, -0.15) is 0 Å². The number of anilines is 1. The molecule has 0 aliphatic carbocycles. The Hall–Kier alpha value is -2.45. The molecule has 5 N–H and O–H groups in total. The third-order valence-electron chi connectivity index (χ3n) is 2.45. The number of carbonyl (C=O) groups excluding carboxylic acids is 2. The molecule has 2 aromatic rings. The number of nitrogens with two attached hydrogens (primary N) is 2. The summed E-state index contributed by atoms with van der Waals surface area (Å²) in [5.74, 6) is -0.366. The molecule has 1 aromatic carbocycles. The predicted octanol–water partition coefficient (Wildman–Crippen LogP) is 0.718. The summed E-state index contributed by atoms with van der Waals surface area (Å²) >= 11 is 1.34. The third-order valence-corrected chi connectivity index (χ3v) is 3.32.